The van der Waals surface area contributed by atoms with Crippen molar-refractivity contribution in [3.8, 4) is 18.2 Å². The summed E-state index contributed by atoms with van der Waals surface area (Å²) in [7, 11) is 0. The Morgan fingerprint density at radius 2 is 1.70 bits per heavy atom. The van der Waals surface area contributed by atoms with E-state index in [1.165, 1.54) is 13.8 Å². The molecule has 0 aromatic heterocycles. The average Bonchev–Trinajstić information content (AvgIpc) is 2.61. The quantitative estimate of drug-likeness (QED) is 0.602. The van der Waals surface area contributed by atoms with Gasteiger partial charge in [0.2, 0.25) is 0 Å². The van der Waals surface area contributed by atoms with Crippen LogP contribution in [0.2, 0.25) is 0 Å². The molecule has 1 aromatic carbocycles. The number of aliphatic hydroxyl groups excluding tert-OH is 1. The SMILES string of the molecule is CC1(C)OC(=O)C([C@@H](c2ccccc2)[C@@H](C#N)C(=N)C(C#N)C#N)=C(O)O1. The van der Waals surface area contributed by atoms with Crippen molar-refractivity contribution >= 4 is 11.7 Å². The van der Waals surface area contributed by atoms with Gasteiger partial charge in [0.05, 0.1) is 29.8 Å². The zero-order valence-corrected chi connectivity index (χ0v) is 14.6. The molecule has 0 fully saturated rings. The van der Waals surface area contributed by atoms with Gasteiger partial charge >= 0.3 is 5.97 Å². The number of hydrogen-bond donors (Lipinski definition) is 2. The molecule has 136 valence electrons. The molecule has 0 aliphatic carbocycles. The second-order valence-corrected chi connectivity index (χ2v) is 6.25. The molecule has 1 aliphatic rings. The average molecular weight is 364 g/mol. The fourth-order valence-electron chi connectivity index (χ4n) is 2.79. The summed E-state index contributed by atoms with van der Waals surface area (Å²) in [6, 6.07) is 13.4. The number of hydrogen-bond acceptors (Lipinski definition) is 8. The van der Waals surface area contributed by atoms with E-state index in [1.807, 2.05) is 6.07 Å². The summed E-state index contributed by atoms with van der Waals surface area (Å²) in [6.45, 7) is 2.86. The Labute approximate surface area is 156 Å². The number of cyclic esters (lactones) is 1. The first kappa shape index (κ1) is 19.5. The molecule has 2 atom stereocenters. The molecule has 27 heavy (non-hydrogen) atoms. The van der Waals surface area contributed by atoms with Gasteiger partial charge in [-0.25, -0.2) is 4.79 Å². The molecular formula is C19H16N4O4. The van der Waals surface area contributed by atoms with E-state index in [0.717, 1.165) is 0 Å². The minimum absolute atomic E-state index is 0.341. The molecule has 8 heteroatoms. The number of aliphatic hydroxyl groups is 1. The number of esters is 1. The number of nitrogens with zero attached hydrogens (tertiary/aromatic N) is 3. The van der Waals surface area contributed by atoms with Gasteiger partial charge in [-0.1, -0.05) is 30.3 Å². The smallest absolute Gasteiger partial charge is 0.345 e. The summed E-state index contributed by atoms with van der Waals surface area (Å²) < 4.78 is 10.4. The Hall–Kier alpha value is -3.83. The molecule has 2 N–H and O–H groups in total. The number of rotatable bonds is 5. The van der Waals surface area contributed by atoms with E-state index in [2.05, 4.69) is 0 Å². The molecule has 0 saturated heterocycles. The Kier molecular flexibility index (Phi) is 5.48. The van der Waals surface area contributed by atoms with E-state index < -0.39 is 41.2 Å². The highest BCUT2D eigenvalue weighted by Crippen LogP contribution is 2.39. The van der Waals surface area contributed by atoms with Crippen LogP contribution in [0, 0.1) is 51.2 Å². The minimum atomic E-state index is -1.47. The number of carbonyl (C=O) groups is 1. The maximum absolute atomic E-state index is 12.6. The normalized spacial score (nSPS) is 17.6. The van der Waals surface area contributed by atoms with Crippen molar-refractivity contribution in [2.75, 3.05) is 0 Å². The van der Waals surface area contributed by atoms with Gasteiger partial charge in [-0.15, -0.1) is 0 Å². The molecule has 1 heterocycles. The topological polar surface area (TPSA) is 151 Å². The first-order valence-electron chi connectivity index (χ1n) is 7.93. The number of nitrogens with one attached hydrogen (secondary N) is 1. The molecule has 0 unspecified atom stereocenters. The van der Waals surface area contributed by atoms with E-state index in [9.17, 15) is 15.2 Å². The van der Waals surface area contributed by atoms with E-state index >= 15 is 0 Å². The zero-order valence-electron chi connectivity index (χ0n) is 14.6. The second-order valence-electron chi connectivity index (χ2n) is 6.25. The molecule has 0 bridgehead atoms. The van der Waals surface area contributed by atoms with Crippen LogP contribution in [0.4, 0.5) is 0 Å². The highest BCUT2D eigenvalue weighted by Gasteiger charge is 2.45. The molecule has 0 saturated carbocycles. The summed E-state index contributed by atoms with van der Waals surface area (Å²) >= 11 is 0. The fraction of sp³-hybridized carbons (Fsp3) is 0.316. The van der Waals surface area contributed by atoms with E-state index in [-0.39, 0.29) is 5.57 Å². The van der Waals surface area contributed by atoms with Crippen molar-refractivity contribution in [3.63, 3.8) is 0 Å². The lowest BCUT2D eigenvalue weighted by molar-refractivity contribution is -0.222. The number of carbonyl (C=O) groups excluding carboxylic acids is 1. The molecule has 0 radical (unpaired) electrons. The standard InChI is InChI=1S/C19H16N4O4/c1-19(2)26-17(24)15(18(25)27-19)14(11-6-4-3-5-7-11)13(10-22)16(23)12(8-20)9-21/h3-7,12-14,23-24H,1-2H3/t13-,14+/m1/s1. The Balaban J connectivity index is 2.66. The summed E-state index contributed by atoms with van der Waals surface area (Å²) in [6.07, 6.45) is 0. The highest BCUT2D eigenvalue weighted by atomic mass is 16.8. The van der Waals surface area contributed by atoms with Gasteiger partial charge in [-0.3, -0.25) is 0 Å². The molecule has 0 amide bonds. The second kappa shape index (κ2) is 7.59. The van der Waals surface area contributed by atoms with Crippen LogP contribution >= 0.6 is 0 Å². The predicted molar refractivity (Wildman–Crippen MR) is 91.6 cm³/mol. The summed E-state index contributed by atoms with van der Waals surface area (Å²) in [5, 5.41) is 46.3. The van der Waals surface area contributed by atoms with Crippen LogP contribution in [-0.4, -0.2) is 22.6 Å². The van der Waals surface area contributed by atoms with Crippen LogP contribution < -0.4 is 0 Å². The molecule has 8 nitrogen and oxygen atoms in total. The van der Waals surface area contributed by atoms with E-state index in [0.29, 0.717) is 5.56 Å². The predicted octanol–water partition coefficient (Wildman–Crippen LogP) is 2.67. The lowest BCUT2D eigenvalue weighted by Gasteiger charge is -2.34. The minimum Gasteiger partial charge on any atom is -0.480 e. The molecule has 1 aliphatic heterocycles. The number of benzene rings is 1. The van der Waals surface area contributed by atoms with Crippen LogP contribution in [0.3, 0.4) is 0 Å². The van der Waals surface area contributed by atoms with Gasteiger partial charge in [0.15, 0.2) is 5.92 Å². The van der Waals surface area contributed by atoms with Gasteiger partial charge in [0, 0.05) is 19.8 Å². The first-order valence-corrected chi connectivity index (χ1v) is 7.93. The highest BCUT2D eigenvalue weighted by molar-refractivity contribution is 5.97. The lowest BCUT2D eigenvalue weighted by atomic mass is 9.76. The lowest BCUT2D eigenvalue weighted by Crippen LogP contribution is -2.40. The van der Waals surface area contributed by atoms with Gasteiger partial charge < -0.3 is 20.0 Å². The van der Waals surface area contributed by atoms with Gasteiger partial charge in [0.1, 0.15) is 5.57 Å². The van der Waals surface area contributed by atoms with Crippen molar-refractivity contribution in [3.05, 3.63) is 47.4 Å². The maximum Gasteiger partial charge on any atom is 0.345 e. The number of ether oxygens (including phenoxy) is 2. The van der Waals surface area contributed by atoms with Crippen molar-refractivity contribution < 1.29 is 19.4 Å². The van der Waals surface area contributed by atoms with Crippen molar-refractivity contribution in [2.24, 2.45) is 11.8 Å². The zero-order chi connectivity index (χ0) is 20.2. The monoisotopic (exact) mass is 364 g/mol. The van der Waals surface area contributed by atoms with Gasteiger partial charge in [-0.05, 0) is 5.56 Å². The third-order valence-corrected chi connectivity index (χ3v) is 3.98. The van der Waals surface area contributed by atoms with Crippen molar-refractivity contribution in [1.29, 1.82) is 21.2 Å². The Morgan fingerprint density at radius 3 is 2.19 bits per heavy atom. The molecule has 2 rings (SSSR count). The van der Waals surface area contributed by atoms with Crippen molar-refractivity contribution in [2.45, 2.75) is 25.6 Å². The Bertz CT molecular complexity index is 902. The van der Waals surface area contributed by atoms with Gasteiger partial charge in [-0.2, -0.15) is 15.8 Å². The van der Waals surface area contributed by atoms with Crippen LogP contribution in [-0.2, 0) is 14.3 Å². The van der Waals surface area contributed by atoms with Crippen molar-refractivity contribution in [1.82, 2.24) is 0 Å². The van der Waals surface area contributed by atoms with E-state index in [1.54, 1.807) is 42.5 Å². The van der Waals surface area contributed by atoms with Crippen LogP contribution in [0.1, 0.15) is 25.3 Å². The third-order valence-electron chi connectivity index (χ3n) is 3.98. The first-order chi connectivity index (χ1) is 12.8. The van der Waals surface area contributed by atoms with Crippen LogP contribution in [0.5, 0.6) is 0 Å². The molecule has 1 aromatic rings. The van der Waals surface area contributed by atoms with Crippen LogP contribution in [0.25, 0.3) is 0 Å². The summed E-state index contributed by atoms with van der Waals surface area (Å²) in [5.41, 5.74) is -0.397. The summed E-state index contributed by atoms with van der Waals surface area (Å²) in [4.78, 5) is 12.6. The Morgan fingerprint density at radius 1 is 1.11 bits per heavy atom. The fourth-order valence-corrected chi connectivity index (χ4v) is 2.79. The molecular weight excluding hydrogens is 348 g/mol. The number of nitriles is 3. The maximum atomic E-state index is 12.6. The largest absolute Gasteiger partial charge is 0.480 e. The molecule has 0 spiro atoms. The summed E-state index contributed by atoms with van der Waals surface area (Å²) in [5.74, 6) is -7.02. The third kappa shape index (κ3) is 3.89. The van der Waals surface area contributed by atoms with Gasteiger partial charge in [0.25, 0.3) is 11.7 Å². The van der Waals surface area contributed by atoms with E-state index in [4.69, 9.17) is 25.4 Å². The van der Waals surface area contributed by atoms with Crippen LogP contribution in [0.15, 0.2) is 41.9 Å².